The Balaban J connectivity index is 1.87. The van der Waals surface area contributed by atoms with Crippen molar-refractivity contribution in [3.8, 4) is 0 Å². The van der Waals surface area contributed by atoms with Gasteiger partial charge in [0.15, 0.2) is 0 Å². The summed E-state index contributed by atoms with van der Waals surface area (Å²) in [6.45, 7) is 8.73. The van der Waals surface area contributed by atoms with Gasteiger partial charge < -0.3 is 15.0 Å². The molecular weight excluding hydrogens is 319 g/mol. The lowest BCUT2D eigenvalue weighted by Crippen LogP contribution is -2.52. The van der Waals surface area contributed by atoms with Crippen molar-refractivity contribution in [2.24, 2.45) is 5.41 Å². The predicted octanol–water partition coefficient (Wildman–Crippen LogP) is 3.92. The van der Waals surface area contributed by atoms with Crippen LogP contribution in [0.2, 0.25) is 0 Å². The van der Waals surface area contributed by atoms with Crippen molar-refractivity contribution in [3.63, 3.8) is 0 Å². The van der Waals surface area contributed by atoms with Crippen molar-refractivity contribution in [2.45, 2.75) is 51.6 Å². The number of likely N-dealkylation sites (tertiary alicyclic amines) is 1. The molecule has 5 heteroatoms. The van der Waals surface area contributed by atoms with Crippen LogP contribution in [0.5, 0.6) is 0 Å². The molecule has 1 aromatic rings. The van der Waals surface area contributed by atoms with Gasteiger partial charge in [-0.25, -0.2) is 9.18 Å². The Kier molecular flexibility index (Phi) is 5.05. The quantitative estimate of drug-likeness (QED) is 0.836. The van der Waals surface area contributed by atoms with Crippen LogP contribution < -0.4 is 5.32 Å². The molecule has 3 rings (SSSR count). The second kappa shape index (κ2) is 6.94. The molecule has 2 heterocycles. The number of nitrogens with one attached hydrogen (secondary N) is 1. The Morgan fingerprint density at radius 2 is 1.92 bits per heavy atom. The van der Waals surface area contributed by atoms with Crippen molar-refractivity contribution in [3.05, 3.63) is 35.6 Å². The Hall–Kier alpha value is -1.62. The minimum Gasteiger partial charge on any atom is -0.444 e. The van der Waals surface area contributed by atoms with Crippen molar-refractivity contribution < 1.29 is 13.9 Å². The number of halogens is 1. The standard InChI is InChI=1S/C20H29FN2O2/c1-19(2,3)25-18(24)23-13-10-20(8-11-22-12-9-20)16(14-23)15-6-4-5-7-17(15)21/h4-7,16,22H,8-14H2,1-3H3. The number of hydrogen-bond acceptors (Lipinski definition) is 3. The fraction of sp³-hybridized carbons (Fsp3) is 0.650. The van der Waals surface area contributed by atoms with Crippen LogP contribution in [0.15, 0.2) is 24.3 Å². The smallest absolute Gasteiger partial charge is 0.410 e. The minimum atomic E-state index is -0.519. The van der Waals surface area contributed by atoms with Crippen LogP contribution in [-0.2, 0) is 4.74 Å². The molecule has 0 saturated carbocycles. The molecule has 25 heavy (non-hydrogen) atoms. The predicted molar refractivity (Wildman–Crippen MR) is 96.1 cm³/mol. The number of benzene rings is 1. The summed E-state index contributed by atoms with van der Waals surface area (Å²) in [5.74, 6) is -0.159. The molecule has 0 radical (unpaired) electrons. The van der Waals surface area contributed by atoms with Crippen LogP contribution in [0.3, 0.4) is 0 Å². The monoisotopic (exact) mass is 348 g/mol. The van der Waals surface area contributed by atoms with E-state index in [4.69, 9.17) is 4.74 Å². The number of piperidine rings is 2. The first kappa shape index (κ1) is 18.2. The largest absolute Gasteiger partial charge is 0.444 e. The first-order valence-corrected chi connectivity index (χ1v) is 9.24. The molecule has 4 nitrogen and oxygen atoms in total. The van der Waals surface area contributed by atoms with Crippen LogP contribution in [0.1, 0.15) is 51.5 Å². The molecule has 0 bridgehead atoms. The molecule has 1 aromatic carbocycles. The molecule has 0 aliphatic carbocycles. The van der Waals surface area contributed by atoms with Crippen molar-refractivity contribution in [1.29, 1.82) is 0 Å². The number of carbonyl (C=O) groups is 1. The Labute approximate surface area is 149 Å². The van der Waals surface area contributed by atoms with Gasteiger partial charge in [-0.2, -0.15) is 0 Å². The summed E-state index contributed by atoms with van der Waals surface area (Å²) in [4.78, 5) is 14.3. The van der Waals surface area contributed by atoms with E-state index in [0.717, 1.165) is 37.9 Å². The van der Waals surface area contributed by atoms with Crippen LogP contribution in [-0.4, -0.2) is 42.8 Å². The van der Waals surface area contributed by atoms with E-state index < -0.39 is 5.60 Å². The summed E-state index contributed by atoms with van der Waals surface area (Å²) in [5, 5.41) is 3.41. The normalized spacial score (nSPS) is 23.5. The molecule has 2 aliphatic rings. The second-order valence-corrected chi connectivity index (χ2v) is 8.36. The maximum absolute atomic E-state index is 14.6. The van der Waals surface area contributed by atoms with Gasteiger partial charge in [-0.1, -0.05) is 18.2 Å². The van der Waals surface area contributed by atoms with Gasteiger partial charge in [-0.05, 0) is 70.2 Å². The second-order valence-electron chi connectivity index (χ2n) is 8.36. The lowest BCUT2D eigenvalue weighted by atomic mass is 9.62. The average Bonchev–Trinajstić information content (AvgIpc) is 2.55. The number of nitrogens with zero attached hydrogens (tertiary/aromatic N) is 1. The molecule has 1 N–H and O–H groups in total. The van der Waals surface area contributed by atoms with E-state index in [-0.39, 0.29) is 23.2 Å². The highest BCUT2D eigenvalue weighted by Crippen LogP contribution is 2.49. The van der Waals surface area contributed by atoms with Crippen molar-refractivity contribution in [2.75, 3.05) is 26.2 Å². The number of carbonyl (C=O) groups excluding carboxylic acids is 1. The van der Waals surface area contributed by atoms with Gasteiger partial charge in [-0.3, -0.25) is 0 Å². The van der Waals surface area contributed by atoms with E-state index in [0.29, 0.717) is 13.1 Å². The third-order valence-corrected chi connectivity index (χ3v) is 5.55. The average molecular weight is 348 g/mol. The Bertz CT molecular complexity index is 620. The molecule has 0 aromatic heterocycles. The van der Waals surface area contributed by atoms with E-state index in [1.165, 1.54) is 6.07 Å². The lowest BCUT2D eigenvalue weighted by Gasteiger charge is -2.50. The van der Waals surface area contributed by atoms with Crippen molar-refractivity contribution in [1.82, 2.24) is 10.2 Å². The topological polar surface area (TPSA) is 41.6 Å². The van der Waals surface area contributed by atoms with Gasteiger partial charge in [0.25, 0.3) is 0 Å². The first-order valence-electron chi connectivity index (χ1n) is 9.24. The zero-order valence-electron chi connectivity index (χ0n) is 15.5. The maximum atomic E-state index is 14.6. The molecule has 138 valence electrons. The van der Waals surface area contributed by atoms with Gasteiger partial charge in [0, 0.05) is 19.0 Å². The van der Waals surface area contributed by atoms with E-state index in [2.05, 4.69) is 5.32 Å². The fourth-order valence-electron chi connectivity index (χ4n) is 4.24. The van der Waals surface area contributed by atoms with E-state index in [1.54, 1.807) is 11.0 Å². The van der Waals surface area contributed by atoms with Crippen LogP contribution >= 0.6 is 0 Å². The molecule has 2 aliphatic heterocycles. The molecular formula is C20H29FN2O2. The zero-order valence-corrected chi connectivity index (χ0v) is 15.5. The molecule has 2 saturated heterocycles. The third kappa shape index (κ3) is 3.97. The summed E-state index contributed by atoms with van der Waals surface area (Å²) in [6, 6.07) is 7.01. The fourth-order valence-corrected chi connectivity index (χ4v) is 4.24. The minimum absolute atomic E-state index is 0.0112. The SMILES string of the molecule is CC(C)(C)OC(=O)N1CCC2(CCNCC2)C(c2ccccc2F)C1. The van der Waals surface area contributed by atoms with Crippen LogP contribution in [0.25, 0.3) is 0 Å². The summed E-state index contributed by atoms with van der Waals surface area (Å²) in [5.41, 5.74) is 0.276. The maximum Gasteiger partial charge on any atom is 0.410 e. The van der Waals surface area contributed by atoms with Crippen molar-refractivity contribution >= 4 is 6.09 Å². The molecule has 1 atom stereocenters. The molecule has 1 amide bonds. The van der Waals surface area contributed by atoms with E-state index in [9.17, 15) is 9.18 Å². The number of hydrogen-bond donors (Lipinski definition) is 1. The van der Waals surface area contributed by atoms with Gasteiger partial charge in [0.05, 0.1) is 0 Å². The Morgan fingerprint density at radius 3 is 2.56 bits per heavy atom. The summed E-state index contributed by atoms with van der Waals surface area (Å²) >= 11 is 0. The van der Waals surface area contributed by atoms with E-state index >= 15 is 0 Å². The zero-order chi connectivity index (χ0) is 18.1. The summed E-state index contributed by atoms with van der Waals surface area (Å²) < 4.78 is 20.1. The molecule has 2 fully saturated rings. The highest BCUT2D eigenvalue weighted by atomic mass is 19.1. The van der Waals surface area contributed by atoms with E-state index in [1.807, 2.05) is 32.9 Å². The molecule has 1 unspecified atom stereocenters. The van der Waals surface area contributed by atoms with Crippen LogP contribution in [0, 0.1) is 11.2 Å². The number of rotatable bonds is 1. The molecule has 1 spiro atoms. The Morgan fingerprint density at radius 1 is 1.24 bits per heavy atom. The van der Waals surface area contributed by atoms with Crippen LogP contribution in [0.4, 0.5) is 9.18 Å². The van der Waals surface area contributed by atoms with Gasteiger partial charge in [0.2, 0.25) is 0 Å². The highest BCUT2D eigenvalue weighted by molar-refractivity contribution is 5.68. The van der Waals surface area contributed by atoms with Gasteiger partial charge >= 0.3 is 6.09 Å². The first-order chi connectivity index (χ1) is 11.8. The lowest BCUT2D eigenvalue weighted by molar-refractivity contribution is -0.00288. The number of amides is 1. The van der Waals surface area contributed by atoms with Gasteiger partial charge in [0.1, 0.15) is 11.4 Å². The third-order valence-electron chi connectivity index (χ3n) is 5.55. The summed E-state index contributed by atoms with van der Waals surface area (Å²) in [7, 11) is 0. The number of ether oxygens (including phenoxy) is 1. The summed E-state index contributed by atoms with van der Waals surface area (Å²) in [6.07, 6.45) is 2.65. The highest BCUT2D eigenvalue weighted by Gasteiger charge is 2.46. The van der Waals surface area contributed by atoms with Gasteiger partial charge in [-0.15, -0.1) is 0 Å².